The molecule has 1 fully saturated rings. The highest BCUT2D eigenvalue weighted by Gasteiger charge is 2.19. The first-order chi connectivity index (χ1) is 12.1. The van der Waals surface area contributed by atoms with Crippen LogP contribution in [0.3, 0.4) is 0 Å². The zero-order chi connectivity index (χ0) is 17.6. The van der Waals surface area contributed by atoms with Crippen LogP contribution in [0.1, 0.15) is 33.7 Å². The first kappa shape index (κ1) is 17.1. The molecule has 1 saturated heterocycles. The molecule has 0 bridgehead atoms. The van der Waals surface area contributed by atoms with Crippen LogP contribution < -0.4 is 10.2 Å². The minimum atomic E-state index is -0.299. The third-order valence-corrected chi connectivity index (χ3v) is 4.20. The number of anilines is 1. The molecule has 1 aliphatic heterocycles. The van der Waals surface area contributed by atoms with Crippen LogP contribution in [0.15, 0.2) is 48.7 Å². The van der Waals surface area contributed by atoms with Crippen molar-refractivity contribution in [2.75, 3.05) is 25.1 Å². The number of ether oxygens (including phenoxy) is 1. The summed E-state index contributed by atoms with van der Waals surface area (Å²) in [7, 11) is 1.70. The highest BCUT2D eigenvalue weighted by Crippen LogP contribution is 2.15. The third kappa shape index (κ3) is 4.22. The minimum absolute atomic E-state index is 0.0676. The van der Waals surface area contributed by atoms with Gasteiger partial charge in [-0.05, 0) is 37.1 Å². The number of rotatable bonds is 5. The molecule has 6 heteroatoms. The van der Waals surface area contributed by atoms with Crippen molar-refractivity contribution in [2.24, 2.45) is 0 Å². The summed E-state index contributed by atoms with van der Waals surface area (Å²) >= 11 is 0. The van der Waals surface area contributed by atoms with E-state index in [4.69, 9.17) is 4.74 Å². The maximum atomic E-state index is 12.6. The van der Waals surface area contributed by atoms with E-state index >= 15 is 0 Å². The van der Waals surface area contributed by atoms with E-state index in [9.17, 15) is 9.59 Å². The van der Waals surface area contributed by atoms with Crippen molar-refractivity contribution in [3.05, 3.63) is 59.9 Å². The van der Waals surface area contributed by atoms with Gasteiger partial charge in [0.25, 0.3) is 11.8 Å². The third-order valence-electron chi connectivity index (χ3n) is 4.20. The second-order valence-corrected chi connectivity index (χ2v) is 5.97. The lowest BCUT2D eigenvalue weighted by molar-refractivity contribution is 0.0853. The van der Waals surface area contributed by atoms with E-state index in [1.807, 2.05) is 30.3 Å². The summed E-state index contributed by atoms with van der Waals surface area (Å²) in [6.07, 6.45) is 3.52. The number of benzene rings is 1. The largest absolute Gasteiger partial charge is 0.376 e. The van der Waals surface area contributed by atoms with Crippen LogP contribution in [0.2, 0.25) is 0 Å². The minimum Gasteiger partial charge on any atom is -0.376 e. The Hall–Kier alpha value is -2.73. The second kappa shape index (κ2) is 7.90. The average molecular weight is 339 g/mol. The lowest BCUT2D eigenvalue weighted by Crippen LogP contribution is -2.32. The van der Waals surface area contributed by atoms with Gasteiger partial charge in [0.05, 0.1) is 6.10 Å². The van der Waals surface area contributed by atoms with Crippen LogP contribution in [-0.4, -0.2) is 43.1 Å². The quantitative estimate of drug-likeness (QED) is 0.907. The van der Waals surface area contributed by atoms with Gasteiger partial charge in [0, 0.05) is 37.6 Å². The molecule has 6 nitrogen and oxygen atoms in total. The zero-order valence-corrected chi connectivity index (χ0v) is 14.1. The second-order valence-electron chi connectivity index (χ2n) is 5.97. The van der Waals surface area contributed by atoms with Crippen molar-refractivity contribution in [1.29, 1.82) is 0 Å². The van der Waals surface area contributed by atoms with E-state index in [-0.39, 0.29) is 23.6 Å². The van der Waals surface area contributed by atoms with Gasteiger partial charge in [-0.1, -0.05) is 18.2 Å². The normalized spacial score (nSPS) is 16.4. The molecule has 0 aliphatic carbocycles. The van der Waals surface area contributed by atoms with E-state index < -0.39 is 0 Å². The Morgan fingerprint density at radius 3 is 2.80 bits per heavy atom. The summed E-state index contributed by atoms with van der Waals surface area (Å²) in [5, 5.41) is 2.82. The number of amides is 2. The Morgan fingerprint density at radius 1 is 1.28 bits per heavy atom. The molecule has 1 unspecified atom stereocenters. The molecule has 1 aromatic heterocycles. The van der Waals surface area contributed by atoms with E-state index in [1.54, 1.807) is 18.0 Å². The Morgan fingerprint density at radius 2 is 2.08 bits per heavy atom. The number of nitrogens with zero attached hydrogens (tertiary/aromatic N) is 2. The van der Waals surface area contributed by atoms with E-state index in [0.717, 1.165) is 25.1 Å². The molecule has 1 N–H and O–H groups in total. The first-order valence-corrected chi connectivity index (χ1v) is 8.34. The van der Waals surface area contributed by atoms with E-state index in [0.29, 0.717) is 12.1 Å². The zero-order valence-electron chi connectivity index (χ0n) is 14.1. The molecule has 2 amide bonds. The van der Waals surface area contributed by atoms with Crippen molar-refractivity contribution < 1.29 is 14.3 Å². The van der Waals surface area contributed by atoms with Crippen molar-refractivity contribution >= 4 is 17.5 Å². The molecule has 130 valence electrons. The molecular weight excluding hydrogens is 318 g/mol. The fraction of sp³-hybridized carbons (Fsp3) is 0.316. The maximum Gasteiger partial charge on any atom is 0.269 e. The van der Waals surface area contributed by atoms with Crippen molar-refractivity contribution in [3.8, 4) is 0 Å². The molecule has 1 aromatic carbocycles. The van der Waals surface area contributed by atoms with Crippen LogP contribution in [0, 0.1) is 0 Å². The smallest absolute Gasteiger partial charge is 0.269 e. The topological polar surface area (TPSA) is 71.5 Å². The van der Waals surface area contributed by atoms with Gasteiger partial charge < -0.3 is 15.0 Å². The molecule has 0 spiro atoms. The van der Waals surface area contributed by atoms with Crippen molar-refractivity contribution in [1.82, 2.24) is 10.3 Å². The van der Waals surface area contributed by atoms with Crippen LogP contribution in [0.4, 0.5) is 5.69 Å². The van der Waals surface area contributed by atoms with Gasteiger partial charge in [-0.25, -0.2) is 0 Å². The number of para-hydroxylation sites is 1. The monoisotopic (exact) mass is 339 g/mol. The van der Waals surface area contributed by atoms with Gasteiger partial charge in [-0.15, -0.1) is 0 Å². The first-order valence-electron chi connectivity index (χ1n) is 8.34. The number of hydrogen-bond donors (Lipinski definition) is 1. The summed E-state index contributed by atoms with van der Waals surface area (Å²) in [6, 6.07) is 12.5. The van der Waals surface area contributed by atoms with Gasteiger partial charge in [0.1, 0.15) is 5.69 Å². The van der Waals surface area contributed by atoms with Gasteiger partial charge >= 0.3 is 0 Å². The van der Waals surface area contributed by atoms with Gasteiger partial charge in [-0.2, -0.15) is 0 Å². The van der Waals surface area contributed by atoms with Gasteiger partial charge in [-0.3, -0.25) is 14.6 Å². The summed E-state index contributed by atoms with van der Waals surface area (Å²) in [4.78, 5) is 30.5. The molecule has 1 aliphatic rings. The van der Waals surface area contributed by atoms with Gasteiger partial charge in [0.15, 0.2) is 0 Å². The van der Waals surface area contributed by atoms with Crippen LogP contribution in [0.25, 0.3) is 0 Å². The number of carbonyl (C=O) groups excluding carboxylic acids is 2. The Kier molecular flexibility index (Phi) is 5.40. The lowest BCUT2D eigenvalue weighted by Gasteiger charge is -2.17. The fourth-order valence-corrected chi connectivity index (χ4v) is 2.75. The molecule has 1 atom stereocenters. The average Bonchev–Trinajstić information content (AvgIpc) is 3.19. The number of nitrogens with one attached hydrogen (secondary N) is 1. The van der Waals surface area contributed by atoms with Gasteiger partial charge in [0.2, 0.25) is 0 Å². The summed E-state index contributed by atoms with van der Waals surface area (Å²) in [5.74, 6) is -0.491. The molecule has 3 rings (SSSR count). The molecule has 2 aromatic rings. The number of hydrogen-bond acceptors (Lipinski definition) is 4. The maximum absolute atomic E-state index is 12.6. The predicted molar refractivity (Wildman–Crippen MR) is 94.7 cm³/mol. The molecule has 0 radical (unpaired) electrons. The summed E-state index contributed by atoms with van der Waals surface area (Å²) < 4.78 is 5.49. The SMILES string of the molecule is CN(C(=O)c1ccnc(C(=O)NCC2CCCO2)c1)c1ccccc1. The predicted octanol–water partition coefficient (Wildman–Crippen LogP) is 2.27. The van der Waals surface area contributed by atoms with Crippen LogP contribution >= 0.6 is 0 Å². The molecular formula is C19H21N3O3. The number of aromatic nitrogens is 1. The van der Waals surface area contributed by atoms with Crippen LogP contribution in [0.5, 0.6) is 0 Å². The van der Waals surface area contributed by atoms with Crippen molar-refractivity contribution in [2.45, 2.75) is 18.9 Å². The molecule has 2 heterocycles. The van der Waals surface area contributed by atoms with E-state index in [2.05, 4.69) is 10.3 Å². The molecule has 25 heavy (non-hydrogen) atoms. The fourth-order valence-electron chi connectivity index (χ4n) is 2.75. The summed E-state index contributed by atoms with van der Waals surface area (Å²) in [6.45, 7) is 1.21. The number of carbonyl (C=O) groups is 2. The molecule has 0 saturated carbocycles. The van der Waals surface area contributed by atoms with Crippen molar-refractivity contribution in [3.63, 3.8) is 0 Å². The lowest BCUT2D eigenvalue weighted by atomic mass is 10.2. The number of pyridine rings is 1. The van der Waals surface area contributed by atoms with Crippen LogP contribution in [-0.2, 0) is 4.74 Å². The Balaban J connectivity index is 1.67. The van der Waals surface area contributed by atoms with E-state index in [1.165, 1.54) is 12.3 Å². The highest BCUT2D eigenvalue weighted by atomic mass is 16.5. The highest BCUT2D eigenvalue weighted by molar-refractivity contribution is 6.06. The summed E-state index contributed by atoms with van der Waals surface area (Å²) in [5.41, 5.74) is 1.43. The standard InChI is InChI=1S/C19H21N3O3/c1-22(15-6-3-2-4-7-15)19(24)14-9-10-20-17(12-14)18(23)21-13-16-8-5-11-25-16/h2-4,6-7,9-10,12,16H,5,8,11,13H2,1H3,(H,21,23). The Labute approximate surface area is 146 Å². The Bertz CT molecular complexity index is 743.